The highest BCUT2D eigenvalue weighted by Crippen LogP contribution is 2.02. The predicted molar refractivity (Wildman–Crippen MR) is 138 cm³/mol. The van der Waals surface area contributed by atoms with E-state index in [0.29, 0.717) is 0 Å². The summed E-state index contributed by atoms with van der Waals surface area (Å²) in [6.07, 6.45) is 18.6. The molecular weight excluding hydrogens is 504 g/mol. The van der Waals surface area contributed by atoms with Crippen LogP contribution < -0.4 is 9.13 Å². The second kappa shape index (κ2) is 17.7. The van der Waals surface area contributed by atoms with E-state index in [4.69, 9.17) is 0 Å². The van der Waals surface area contributed by atoms with E-state index in [1.54, 1.807) is 0 Å². The van der Waals surface area contributed by atoms with Crippen LogP contribution in [-0.4, -0.2) is 46.6 Å². The van der Waals surface area contributed by atoms with Gasteiger partial charge in [0.25, 0.3) is 11.6 Å². The normalized spacial score (nSPS) is 11.4. The predicted octanol–water partition coefficient (Wildman–Crippen LogP) is 2.02. The number of hydrogen-bond donors (Lipinski definition) is 0. The third-order valence-corrected chi connectivity index (χ3v) is 7.28. The lowest BCUT2D eigenvalue weighted by Gasteiger charge is -2.07. The van der Waals surface area contributed by atoms with Crippen LogP contribution in [0.2, 0.25) is 0 Å². The Labute approximate surface area is 218 Å². The molecule has 10 nitrogen and oxygen atoms in total. The van der Waals surface area contributed by atoms with Crippen LogP contribution in [0.5, 0.6) is 0 Å². The summed E-state index contributed by atoms with van der Waals surface area (Å²) in [5.41, 5.74) is 0. The lowest BCUT2D eigenvalue weighted by molar-refractivity contribution is -0.678. The Morgan fingerprint density at radius 3 is 1.22 bits per heavy atom. The first kappa shape index (κ1) is 34.2. The Morgan fingerprint density at radius 2 is 1.00 bits per heavy atom. The summed E-state index contributed by atoms with van der Waals surface area (Å²) in [7, 11) is -0.128. The van der Waals surface area contributed by atoms with E-state index in [1.165, 1.54) is 63.0 Å². The first-order valence-electron chi connectivity index (χ1n) is 12.6. The minimum Gasteiger partial charge on any atom is -0.748 e. The molecule has 0 saturated heterocycles. The Bertz CT molecular complexity index is 951. The number of imidazole rings is 2. The molecule has 0 atom stereocenters. The molecule has 2 aromatic rings. The van der Waals surface area contributed by atoms with Gasteiger partial charge < -0.3 is 9.11 Å². The van der Waals surface area contributed by atoms with E-state index in [1.807, 2.05) is 0 Å². The molecule has 0 fully saturated rings. The zero-order chi connectivity index (χ0) is 27.8. The fourth-order valence-electron chi connectivity index (χ4n) is 3.57. The molecule has 0 spiro atoms. The fourth-order valence-corrected chi connectivity index (χ4v) is 4.69. The second-order valence-corrected chi connectivity index (χ2v) is 12.1. The van der Waals surface area contributed by atoms with Crippen LogP contribution in [0.3, 0.4) is 0 Å². The molecule has 0 aromatic carbocycles. The minimum absolute atomic E-state index is 0.0900. The minimum atomic E-state index is -4.29. The van der Waals surface area contributed by atoms with Crippen molar-refractivity contribution in [3.63, 3.8) is 0 Å². The lowest BCUT2D eigenvalue weighted by Crippen LogP contribution is -2.31. The summed E-state index contributed by atoms with van der Waals surface area (Å²) >= 11 is 0. The van der Waals surface area contributed by atoms with E-state index >= 15 is 0 Å². The van der Waals surface area contributed by atoms with Gasteiger partial charge >= 0.3 is 0 Å². The maximum absolute atomic E-state index is 9.97. The van der Waals surface area contributed by atoms with E-state index in [-0.39, 0.29) is 12.8 Å². The number of nitrogens with zero attached hydrogens (tertiary/aromatic N) is 4. The zero-order valence-electron chi connectivity index (χ0n) is 22.8. The number of rotatable bonds is 13. The molecule has 0 amide bonds. The summed E-state index contributed by atoms with van der Waals surface area (Å²) in [5, 5.41) is 0. The highest BCUT2D eigenvalue weighted by atomic mass is 32.2. The van der Waals surface area contributed by atoms with Crippen LogP contribution in [0.1, 0.15) is 76.9 Å². The largest absolute Gasteiger partial charge is 0.748 e. The number of hydrogen-bond acceptors (Lipinski definition) is 6. The van der Waals surface area contributed by atoms with Gasteiger partial charge in [-0.25, -0.2) is 35.1 Å². The molecule has 0 aliphatic carbocycles. The van der Waals surface area contributed by atoms with E-state index in [9.17, 15) is 25.9 Å². The maximum Gasteiger partial charge on any atom is 0.255 e. The van der Waals surface area contributed by atoms with Crippen LogP contribution in [0.15, 0.2) is 24.8 Å². The molecule has 0 unspecified atom stereocenters. The molecule has 0 aliphatic rings. The van der Waals surface area contributed by atoms with Crippen molar-refractivity contribution in [3.05, 3.63) is 36.4 Å². The molecule has 0 radical (unpaired) electrons. The van der Waals surface area contributed by atoms with Gasteiger partial charge in [-0.3, -0.25) is 0 Å². The van der Waals surface area contributed by atoms with Gasteiger partial charge in [0.1, 0.15) is 24.8 Å². The van der Waals surface area contributed by atoms with E-state index in [0.717, 1.165) is 0 Å². The fraction of sp³-hybridized carbons (Fsp3) is 0.750. The molecule has 12 heteroatoms. The van der Waals surface area contributed by atoms with Crippen LogP contribution in [0.25, 0.3) is 0 Å². The van der Waals surface area contributed by atoms with Crippen LogP contribution in [0, 0.1) is 0 Å². The maximum atomic E-state index is 9.97. The summed E-state index contributed by atoms with van der Waals surface area (Å²) in [6, 6.07) is 0. The first-order chi connectivity index (χ1) is 16.7. The van der Waals surface area contributed by atoms with Gasteiger partial charge in [0.05, 0.1) is 48.4 Å². The smallest absolute Gasteiger partial charge is 0.255 e. The highest BCUT2D eigenvalue weighted by Gasteiger charge is 2.10. The van der Waals surface area contributed by atoms with Gasteiger partial charge in [-0.15, -0.1) is 0 Å². The van der Waals surface area contributed by atoms with Gasteiger partial charge in [0, 0.05) is 24.3 Å². The number of unbranched alkanes of at least 4 members (excludes halogenated alkanes) is 5. The van der Waals surface area contributed by atoms with Crippen LogP contribution in [-0.2, 0) is 61.3 Å². The average Bonchev–Trinajstić information content (AvgIpc) is 3.27. The molecule has 2 aromatic heterocycles. The first-order valence-corrected chi connectivity index (χ1v) is 15.7. The van der Waals surface area contributed by atoms with Gasteiger partial charge in [-0.2, -0.15) is 0 Å². The Balaban J connectivity index is 0.000000510. The summed E-state index contributed by atoms with van der Waals surface area (Å²) in [5.74, 6) is 1.59. The second-order valence-electron chi connectivity index (χ2n) is 9.02. The summed E-state index contributed by atoms with van der Waals surface area (Å²) < 4.78 is 68.7. The molecule has 2 rings (SSSR count). The molecule has 210 valence electrons. The molecular formula is C24H46N4O6S2. The zero-order valence-corrected chi connectivity index (χ0v) is 24.5. The van der Waals surface area contributed by atoms with Crippen molar-refractivity contribution >= 4 is 20.2 Å². The van der Waals surface area contributed by atoms with Crippen LogP contribution >= 0.6 is 0 Å². The van der Waals surface area contributed by atoms with Gasteiger partial charge in [-0.05, 0) is 25.7 Å². The average molecular weight is 551 g/mol. The molecule has 0 bridgehead atoms. The van der Waals surface area contributed by atoms with Crippen molar-refractivity contribution < 1.29 is 35.1 Å². The lowest BCUT2D eigenvalue weighted by atomic mass is 10.2. The summed E-state index contributed by atoms with van der Waals surface area (Å²) in [6.45, 7) is 4.48. The van der Waals surface area contributed by atoms with Crippen molar-refractivity contribution in [1.29, 1.82) is 0 Å². The molecule has 2 heterocycles. The molecule has 0 N–H and O–H groups in total. The van der Waals surface area contributed by atoms with Crippen molar-refractivity contribution in [2.24, 2.45) is 28.2 Å². The van der Waals surface area contributed by atoms with Crippen molar-refractivity contribution in [2.45, 2.75) is 78.1 Å². The van der Waals surface area contributed by atoms with Gasteiger partial charge in [0.2, 0.25) is 0 Å². The number of aryl methyl sites for hydroxylation is 4. The van der Waals surface area contributed by atoms with Crippen molar-refractivity contribution in [1.82, 2.24) is 9.13 Å². The monoisotopic (exact) mass is 550 g/mol. The topological polar surface area (TPSA) is 132 Å². The molecule has 0 saturated carbocycles. The Hall–Kier alpha value is -1.76. The van der Waals surface area contributed by atoms with Crippen LogP contribution in [0.4, 0.5) is 0 Å². The van der Waals surface area contributed by atoms with E-state index in [2.05, 4.69) is 85.1 Å². The standard InChI is InChI=1S/2C10H19N2.C4H10O6S2/c2*1-4-5-6-7-10-11(2)8-9-12(10)3;5-11(6,7)3-1-2-4-12(8,9)10/h2*8-9H,4-7H2,1-3H3;1-4H2,(H,5,6,7)(H,8,9,10)/q2*+1;/p-2. The quantitative estimate of drug-likeness (QED) is 0.213. The van der Waals surface area contributed by atoms with Crippen molar-refractivity contribution in [3.8, 4) is 0 Å². The summed E-state index contributed by atoms with van der Waals surface area (Å²) in [4.78, 5) is 0. The SMILES string of the molecule is CCCCCc1n(C)cc[n+]1C.CCCCCc1n(C)cc[n+]1C.O=S(=O)([O-])CCCCS(=O)(=O)[O-]. The molecule has 36 heavy (non-hydrogen) atoms. The molecule has 0 aliphatic heterocycles. The van der Waals surface area contributed by atoms with Gasteiger partial charge in [0.15, 0.2) is 0 Å². The Kier molecular flexibility index (Phi) is 16.8. The number of aromatic nitrogens is 4. The highest BCUT2D eigenvalue weighted by molar-refractivity contribution is 7.86. The van der Waals surface area contributed by atoms with E-state index < -0.39 is 31.7 Å². The third kappa shape index (κ3) is 16.8. The van der Waals surface area contributed by atoms with Gasteiger partial charge in [-0.1, -0.05) is 39.5 Å². The third-order valence-electron chi connectivity index (χ3n) is 5.70. The Morgan fingerprint density at radius 1 is 0.667 bits per heavy atom. The van der Waals surface area contributed by atoms with Crippen molar-refractivity contribution in [2.75, 3.05) is 11.5 Å².